The zero-order valence-electron chi connectivity index (χ0n) is 12.9. The van der Waals surface area contributed by atoms with Crippen LogP contribution < -0.4 is 0 Å². The van der Waals surface area contributed by atoms with E-state index in [1.807, 2.05) is 0 Å². The molecule has 3 aromatic heterocycles. The van der Waals surface area contributed by atoms with Gasteiger partial charge < -0.3 is 8.92 Å². The number of fused-ring (bicyclic) bond motifs is 1. The number of halogens is 6. The minimum Gasteiger partial charge on any atom is -0.334 e. The normalized spacial score (nSPS) is 12.1. The lowest BCUT2D eigenvalue weighted by Gasteiger charge is -2.07. The summed E-state index contributed by atoms with van der Waals surface area (Å²) >= 11 is 11.9. The molecule has 0 bridgehead atoms. The summed E-state index contributed by atoms with van der Waals surface area (Å²) in [5.41, 5.74) is -0.371. The lowest BCUT2D eigenvalue weighted by atomic mass is 10.2. The summed E-state index contributed by atoms with van der Waals surface area (Å²) in [6.45, 7) is 0. The molecule has 0 aliphatic heterocycles. The second-order valence-corrected chi connectivity index (χ2v) is 6.29. The van der Waals surface area contributed by atoms with Gasteiger partial charge in [-0.15, -0.1) is 0 Å². The summed E-state index contributed by atoms with van der Waals surface area (Å²) in [5, 5.41) is 3.63. The van der Waals surface area contributed by atoms with Crippen LogP contribution in [0, 0.1) is 5.82 Å². The monoisotopic (exact) mass is 416 g/mol. The number of hydrogen-bond acceptors (Lipinski definition) is 4. The zero-order chi connectivity index (χ0) is 19.3. The molecule has 0 spiro atoms. The van der Waals surface area contributed by atoms with Gasteiger partial charge in [0.25, 0.3) is 5.89 Å². The van der Waals surface area contributed by atoms with E-state index >= 15 is 0 Å². The van der Waals surface area contributed by atoms with Gasteiger partial charge in [-0.25, -0.2) is 9.37 Å². The Balaban J connectivity index is 1.77. The largest absolute Gasteiger partial charge is 0.417 e. The lowest BCUT2D eigenvalue weighted by molar-refractivity contribution is -0.137. The molecule has 0 aliphatic carbocycles. The average molecular weight is 417 g/mol. The van der Waals surface area contributed by atoms with Crippen molar-refractivity contribution in [3.63, 3.8) is 0 Å². The molecule has 3 heterocycles. The van der Waals surface area contributed by atoms with Crippen LogP contribution in [0.2, 0.25) is 10.0 Å². The smallest absolute Gasteiger partial charge is 0.334 e. The summed E-state index contributed by atoms with van der Waals surface area (Å²) < 4.78 is 58.1. The van der Waals surface area contributed by atoms with Gasteiger partial charge >= 0.3 is 6.18 Å². The Kier molecular flexibility index (Phi) is 4.08. The van der Waals surface area contributed by atoms with E-state index in [2.05, 4.69) is 15.1 Å². The zero-order valence-corrected chi connectivity index (χ0v) is 14.4. The van der Waals surface area contributed by atoms with E-state index in [0.717, 1.165) is 22.7 Å². The molecule has 11 heteroatoms. The number of benzene rings is 1. The van der Waals surface area contributed by atoms with Crippen LogP contribution in [0.1, 0.15) is 5.56 Å². The second-order valence-electron chi connectivity index (χ2n) is 5.48. The van der Waals surface area contributed by atoms with Crippen molar-refractivity contribution in [3.8, 4) is 23.0 Å². The predicted octanol–water partition coefficient (Wildman–Crippen LogP) is 5.52. The van der Waals surface area contributed by atoms with Crippen molar-refractivity contribution >= 4 is 28.8 Å². The first-order valence-corrected chi connectivity index (χ1v) is 8.03. The van der Waals surface area contributed by atoms with Gasteiger partial charge in [-0.1, -0.05) is 28.4 Å². The summed E-state index contributed by atoms with van der Waals surface area (Å²) in [6, 6.07) is 4.41. The third-order valence-electron chi connectivity index (χ3n) is 3.65. The number of aromatic nitrogens is 4. The Morgan fingerprint density at radius 2 is 1.78 bits per heavy atom. The molecule has 0 amide bonds. The molecular formula is C16H6Cl2F4N4O. The number of pyridine rings is 1. The number of imidazole rings is 1. The molecule has 0 atom stereocenters. The molecular weight excluding hydrogens is 411 g/mol. The standard InChI is InChI=1S/C16H6Cl2F4N4O/c17-10-4-8(19)1-2-9(10)15-24-13(25-27-15)12-6-26-5-7(16(20,21)22)3-11(18)14(26)23-12/h1-6H. The maximum atomic E-state index is 13.1. The number of rotatable bonds is 2. The highest BCUT2D eigenvalue weighted by atomic mass is 35.5. The Bertz CT molecular complexity index is 1170. The van der Waals surface area contributed by atoms with Crippen molar-refractivity contribution in [2.45, 2.75) is 6.18 Å². The second kappa shape index (κ2) is 6.21. The van der Waals surface area contributed by atoms with Crippen molar-refractivity contribution < 1.29 is 22.1 Å². The third kappa shape index (κ3) is 3.24. The molecule has 4 aromatic rings. The van der Waals surface area contributed by atoms with Gasteiger partial charge in [-0.3, -0.25) is 0 Å². The third-order valence-corrected chi connectivity index (χ3v) is 4.24. The van der Waals surface area contributed by atoms with Crippen molar-refractivity contribution in [2.24, 2.45) is 0 Å². The van der Waals surface area contributed by atoms with Gasteiger partial charge in [0.2, 0.25) is 5.82 Å². The molecule has 5 nitrogen and oxygen atoms in total. The summed E-state index contributed by atoms with van der Waals surface area (Å²) in [7, 11) is 0. The van der Waals surface area contributed by atoms with Crippen LogP contribution in [0.3, 0.4) is 0 Å². The van der Waals surface area contributed by atoms with Crippen LogP contribution in [0.4, 0.5) is 17.6 Å². The molecule has 0 radical (unpaired) electrons. The van der Waals surface area contributed by atoms with E-state index in [9.17, 15) is 17.6 Å². The van der Waals surface area contributed by atoms with Crippen LogP contribution in [0.5, 0.6) is 0 Å². The van der Waals surface area contributed by atoms with Crippen molar-refractivity contribution in [2.75, 3.05) is 0 Å². The summed E-state index contributed by atoms with van der Waals surface area (Å²) in [5.74, 6) is -0.508. The first kappa shape index (κ1) is 17.7. The fourth-order valence-electron chi connectivity index (χ4n) is 2.42. The van der Waals surface area contributed by atoms with E-state index < -0.39 is 17.6 Å². The molecule has 0 aliphatic rings. The average Bonchev–Trinajstić information content (AvgIpc) is 3.20. The lowest BCUT2D eigenvalue weighted by Crippen LogP contribution is -2.06. The number of nitrogens with zero attached hydrogens (tertiary/aromatic N) is 4. The van der Waals surface area contributed by atoms with Crippen molar-refractivity contribution in [3.05, 3.63) is 58.1 Å². The molecule has 138 valence electrons. The van der Waals surface area contributed by atoms with Gasteiger partial charge in [0, 0.05) is 12.4 Å². The topological polar surface area (TPSA) is 56.2 Å². The summed E-state index contributed by atoms with van der Waals surface area (Å²) in [6.07, 6.45) is -2.41. The quantitative estimate of drug-likeness (QED) is 0.404. The van der Waals surface area contributed by atoms with Crippen LogP contribution in [0.15, 0.2) is 41.2 Å². The summed E-state index contributed by atoms with van der Waals surface area (Å²) in [4.78, 5) is 8.25. The Morgan fingerprint density at radius 3 is 2.48 bits per heavy atom. The van der Waals surface area contributed by atoms with Crippen molar-refractivity contribution in [1.82, 2.24) is 19.5 Å². The van der Waals surface area contributed by atoms with E-state index in [1.54, 1.807) is 0 Å². The van der Waals surface area contributed by atoms with E-state index in [4.69, 9.17) is 27.7 Å². The van der Waals surface area contributed by atoms with Crippen LogP contribution in [-0.2, 0) is 6.18 Å². The highest BCUT2D eigenvalue weighted by molar-refractivity contribution is 6.33. The van der Waals surface area contributed by atoms with Gasteiger partial charge in [0.15, 0.2) is 5.65 Å². The van der Waals surface area contributed by atoms with Gasteiger partial charge in [0.1, 0.15) is 11.5 Å². The first-order valence-electron chi connectivity index (χ1n) is 7.27. The fraction of sp³-hybridized carbons (Fsp3) is 0.0625. The molecule has 0 unspecified atom stereocenters. The molecule has 27 heavy (non-hydrogen) atoms. The Hall–Kier alpha value is -2.65. The fourth-order valence-corrected chi connectivity index (χ4v) is 2.92. The number of hydrogen-bond donors (Lipinski definition) is 0. The molecule has 4 rings (SSSR count). The van der Waals surface area contributed by atoms with Gasteiger partial charge in [-0.05, 0) is 24.3 Å². The molecule has 0 saturated heterocycles. The molecule has 1 aromatic carbocycles. The maximum Gasteiger partial charge on any atom is 0.417 e. The Labute approximate surface area is 158 Å². The molecule has 0 saturated carbocycles. The molecule has 0 fully saturated rings. The minimum absolute atomic E-state index is 0.00846. The maximum absolute atomic E-state index is 13.1. The predicted molar refractivity (Wildman–Crippen MR) is 88.9 cm³/mol. The Morgan fingerprint density at radius 1 is 1.00 bits per heavy atom. The van der Waals surface area contributed by atoms with Crippen LogP contribution in [-0.4, -0.2) is 19.5 Å². The van der Waals surface area contributed by atoms with Crippen LogP contribution >= 0.6 is 23.2 Å². The highest BCUT2D eigenvalue weighted by Gasteiger charge is 2.32. The minimum atomic E-state index is -4.55. The number of alkyl halides is 3. The van der Waals surface area contributed by atoms with E-state index in [1.165, 1.54) is 18.3 Å². The molecule has 0 N–H and O–H groups in total. The van der Waals surface area contributed by atoms with Crippen LogP contribution in [0.25, 0.3) is 28.6 Å². The van der Waals surface area contributed by atoms with Gasteiger partial charge in [-0.2, -0.15) is 18.2 Å². The van der Waals surface area contributed by atoms with Crippen molar-refractivity contribution in [1.29, 1.82) is 0 Å². The van der Waals surface area contributed by atoms with Gasteiger partial charge in [0.05, 0.1) is 21.2 Å². The SMILES string of the molecule is Fc1ccc(-c2nc(-c3cn4cc(C(F)(F)F)cc(Cl)c4n3)no2)c(Cl)c1. The highest BCUT2D eigenvalue weighted by Crippen LogP contribution is 2.33. The van der Waals surface area contributed by atoms with E-state index in [-0.39, 0.29) is 33.1 Å². The first-order chi connectivity index (χ1) is 12.7. The van der Waals surface area contributed by atoms with E-state index in [0.29, 0.717) is 5.56 Å².